The van der Waals surface area contributed by atoms with Crippen molar-refractivity contribution in [2.45, 2.75) is 77.7 Å². The zero-order valence-electron chi connectivity index (χ0n) is 19.0. The average molecular weight is 435 g/mol. The lowest BCUT2D eigenvalue weighted by molar-refractivity contribution is -0.151. The first-order valence-electron chi connectivity index (χ1n) is 11.1. The fourth-order valence-corrected chi connectivity index (χ4v) is 2.40. The number of ketones is 1. The van der Waals surface area contributed by atoms with Gasteiger partial charge in [0.2, 0.25) is 0 Å². The highest BCUT2D eigenvalue weighted by molar-refractivity contribution is 5.89. The van der Waals surface area contributed by atoms with Gasteiger partial charge < -0.3 is 14.6 Å². The third-order valence-corrected chi connectivity index (χ3v) is 4.10. The van der Waals surface area contributed by atoms with Crippen molar-refractivity contribution >= 4 is 17.7 Å². The molecule has 0 bridgehead atoms. The van der Waals surface area contributed by atoms with E-state index in [4.69, 9.17) is 4.74 Å². The van der Waals surface area contributed by atoms with E-state index in [0.29, 0.717) is 12.8 Å². The lowest BCUT2D eigenvalue weighted by atomic mass is 10.1. The molecule has 0 heterocycles. The van der Waals surface area contributed by atoms with Gasteiger partial charge in [0, 0.05) is 19.8 Å². The van der Waals surface area contributed by atoms with Crippen LogP contribution in [0.2, 0.25) is 0 Å². The molecule has 174 valence electrons. The van der Waals surface area contributed by atoms with Crippen molar-refractivity contribution in [1.82, 2.24) is 0 Å². The second-order valence-corrected chi connectivity index (χ2v) is 7.16. The summed E-state index contributed by atoms with van der Waals surface area (Å²) in [5.41, 5.74) is 0. The molecule has 0 aromatic rings. The van der Waals surface area contributed by atoms with Gasteiger partial charge in [0.1, 0.15) is 19.3 Å². The number of carbonyl (C=O) groups is 3. The molecule has 6 heteroatoms. The molecule has 6 nitrogen and oxygen atoms in total. The molecule has 0 aliphatic carbocycles. The Hall–Kier alpha value is -2.47. The molecule has 0 aliphatic rings. The maximum atomic E-state index is 11.6. The van der Waals surface area contributed by atoms with E-state index in [1.165, 1.54) is 6.92 Å². The number of esters is 2. The number of rotatable bonds is 18. The highest BCUT2D eigenvalue weighted by Crippen LogP contribution is 2.02. The molecule has 0 spiro atoms. The van der Waals surface area contributed by atoms with Crippen molar-refractivity contribution < 1.29 is 29.0 Å². The zero-order valence-corrected chi connectivity index (χ0v) is 19.0. The summed E-state index contributed by atoms with van der Waals surface area (Å²) in [4.78, 5) is 33.7. The Balaban J connectivity index is 3.67. The SMILES string of the molecule is CCCCCC(=O)/C=C/C=C\C/C=C\C/C=C\CCCC(=O)OC[C@@H](O)COC(C)=O. The first-order valence-corrected chi connectivity index (χ1v) is 11.1. The molecule has 0 unspecified atom stereocenters. The van der Waals surface area contributed by atoms with Crippen LogP contribution in [0.15, 0.2) is 48.6 Å². The molecule has 0 aromatic heterocycles. The summed E-state index contributed by atoms with van der Waals surface area (Å²) in [5.74, 6) is -0.676. The third kappa shape index (κ3) is 22.0. The van der Waals surface area contributed by atoms with Gasteiger partial charge in [-0.1, -0.05) is 62.3 Å². The van der Waals surface area contributed by atoms with Crippen LogP contribution in [0.1, 0.15) is 71.6 Å². The van der Waals surface area contributed by atoms with E-state index in [2.05, 4.69) is 23.8 Å². The molecule has 0 aromatic carbocycles. The topological polar surface area (TPSA) is 89.9 Å². The van der Waals surface area contributed by atoms with Gasteiger partial charge in [-0.15, -0.1) is 0 Å². The molecular formula is C25H38O6. The van der Waals surface area contributed by atoms with Crippen LogP contribution < -0.4 is 0 Å². The second kappa shape index (κ2) is 20.8. The normalized spacial score (nSPS) is 12.9. The summed E-state index contributed by atoms with van der Waals surface area (Å²) >= 11 is 0. The van der Waals surface area contributed by atoms with E-state index in [9.17, 15) is 19.5 Å². The van der Waals surface area contributed by atoms with Crippen LogP contribution in [-0.2, 0) is 23.9 Å². The average Bonchev–Trinajstić information content (AvgIpc) is 2.74. The van der Waals surface area contributed by atoms with Crippen LogP contribution in [0, 0.1) is 0 Å². The Morgan fingerprint density at radius 2 is 1.52 bits per heavy atom. The molecule has 31 heavy (non-hydrogen) atoms. The van der Waals surface area contributed by atoms with Crippen molar-refractivity contribution in [1.29, 1.82) is 0 Å². The number of hydrogen-bond acceptors (Lipinski definition) is 6. The lowest BCUT2D eigenvalue weighted by Crippen LogP contribution is -2.24. The molecule has 0 amide bonds. The fourth-order valence-electron chi connectivity index (χ4n) is 2.40. The van der Waals surface area contributed by atoms with Crippen molar-refractivity contribution in [2.24, 2.45) is 0 Å². The number of aliphatic hydroxyl groups excluding tert-OH is 1. The van der Waals surface area contributed by atoms with E-state index in [0.717, 1.165) is 38.5 Å². The number of ether oxygens (including phenoxy) is 2. The summed E-state index contributed by atoms with van der Waals surface area (Å²) in [6.45, 7) is 3.02. The first-order chi connectivity index (χ1) is 15.0. The summed E-state index contributed by atoms with van der Waals surface area (Å²) in [5, 5.41) is 9.48. The van der Waals surface area contributed by atoms with Crippen LogP contribution >= 0.6 is 0 Å². The van der Waals surface area contributed by atoms with E-state index >= 15 is 0 Å². The predicted molar refractivity (Wildman–Crippen MR) is 122 cm³/mol. The Morgan fingerprint density at radius 3 is 2.23 bits per heavy atom. The summed E-state index contributed by atoms with van der Waals surface area (Å²) < 4.78 is 9.55. The maximum Gasteiger partial charge on any atom is 0.305 e. The minimum absolute atomic E-state index is 0.174. The van der Waals surface area contributed by atoms with Gasteiger partial charge in [-0.25, -0.2) is 0 Å². The Kier molecular flexibility index (Phi) is 19.1. The van der Waals surface area contributed by atoms with Gasteiger partial charge in [-0.3, -0.25) is 14.4 Å². The quantitative estimate of drug-likeness (QED) is 0.110. The molecule has 0 fully saturated rings. The monoisotopic (exact) mass is 434 g/mol. The highest BCUT2D eigenvalue weighted by atomic mass is 16.6. The molecule has 1 N–H and O–H groups in total. The molecular weight excluding hydrogens is 396 g/mol. The van der Waals surface area contributed by atoms with Gasteiger partial charge in [-0.05, 0) is 38.2 Å². The number of aliphatic hydroxyl groups is 1. The van der Waals surface area contributed by atoms with Gasteiger partial charge in [0.05, 0.1) is 0 Å². The van der Waals surface area contributed by atoms with E-state index in [1.807, 2.05) is 24.3 Å². The van der Waals surface area contributed by atoms with E-state index in [1.54, 1.807) is 12.2 Å². The van der Waals surface area contributed by atoms with Gasteiger partial charge in [0.25, 0.3) is 0 Å². The number of unbranched alkanes of at least 4 members (excludes halogenated alkanes) is 3. The summed E-state index contributed by atoms with van der Waals surface area (Å²) in [7, 11) is 0. The van der Waals surface area contributed by atoms with Crippen molar-refractivity contribution in [2.75, 3.05) is 13.2 Å². The lowest BCUT2D eigenvalue weighted by Gasteiger charge is -2.10. The number of carbonyl (C=O) groups excluding carboxylic acids is 3. The summed E-state index contributed by atoms with van der Waals surface area (Å²) in [6, 6.07) is 0. The zero-order chi connectivity index (χ0) is 23.2. The highest BCUT2D eigenvalue weighted by Gasteiger charge is 2.09. The van der Waals surface area contributed by atoms with Crippen LogP contribution in [0.5, 0.6) is 0 Å². The Bertz CT molecular complexity index is 616. The number of allylic oxidation sites excluding steroid dienone is 8. The summed E-state index contributed by atoms with van der Waals surface area (Å²) in [6.07, 6.45) is 21.7. The molecule has 0 saturated carbocycles. The Labute approximate surface area is 186 Å². The van der Waals surface area contributed by atoms with E-state index in [-0.39, 0.29) is 31.4 Å². The number of hydrogen-bond donors (Lipinski definition) is 1. The minimum atomic E-state index is -0.997. The first kappa shape index (κ1) is 28.5. The largest absolute Gasteiger partial charge is 0.463 e. The van der Waals surface area contributed by atoms with Crippen molar-refractivity contribution in [3.8, 4) is 0 Å². The smallest absolute Gasteiger partial charge is 0.305 e. The standard InChI is InChI=1S/C25H38O6/c1-3-4-14-17-23(27)18-15-12-10-8-6-5-7-9-11-13-16-19-25(29)31-21-24(28)20-30-22(2)26/h5-6,9-12,15,18,24,28H,3-4,7-8,13-14,16-17,19-21H2,1-2H3/b6-5-,11-9-,12-10-,18-15+/t24-/m0/s1. The predicted octanol–water partition coefficient (Wildman–Crippen LogP) is 4.78. The van der Waals surface area contributed by atoms with E-state index < -0.39 is 12.1 Å². The molecule has 0 saturated heterocycles. The fraction of sp³-hybridized carbons (Fsp3) is 0.560. The molecule has 0 radical (unpaired) electrons. The molecule has 1 atom stereocenters. The molecule has 0 aliphatic heterocycles. The van der Waals surface area contributed by atoms with Gasteiger partial charge in [0.15, 0.2) is 5.78 Å². The van der Waals surface area contributed by atoms with Crippen LogP contribution in [0.4, 0.5) is 0 Å². The third-order valence-electron chi connectivity index (χ3n) is 4.10. The van der Waals surface area contributed by atoms with Crippen molar-refractivity contribution in [3.63, 3.8) is 0 Å². The van der Waals surface area contributed by atoms with Crippen LogP contribution in [-0.4, -0.2) is 42.1 Å². The Morgan fingerprint density at radius 1 is 0.839 bits per heavy atom. The van der Waals surface area contributed by atoms with Crippen molar-refractivity contribution in [3.05, 3.63) is 48.6 Å². The molecule has 0 rings (SSSR count). The maximum absolute atomic E-state index is 11.6. The van der Waals surface area contributed by atoms with Gasteiger partial charge in [-0.2, -0.15) is 0 Å². The van der Waals surface area contributed by atoms with Crippen LogP contribution in [0.3, 0.4) is 0 Å². The minimum Gasteiger partial charge on any atom is -0.463 e. The van der Waals surface area contributed by atoms with Crippen LogP contribution in [0.25, 0.3) is 0 Å². The second-order valence-electron chi connectivity index (χ2n) is 7.16. The van der Waals surface area contributed by atoms with Gasteiger partial charge >= 0.3 is 11.9 Å².